The standard InChI is InChI=1S/C22H29ClN4O/c1-24(2)20-9-7-18(8-10-20)16-25(3)22(28)17-26-11-13-27(14-12-26)21-6-4-5-19(23)15-21/h4-10,15H,11-14,16-17H2,1-3H3/p+1. The fourth-order valence-electron chi connectivity index (χ4n) is 3.54. The van der Waals surface area contributed by atoms with E-state index in [0.29, 0.717) is 13.1 Å². The molecule has 0 radical (unpaired) electrons. The van der Waals surface area contributed by atoms with Crippen LogP contribution in [0.1, 0.15) is 5.56 Å². The zero-order valence-corrected chi connectivity index (χ0v) is 17.7. The molecule has 1 aliphatic heterocycles. The molecule has 1 fully saturated rings. The van der Waals surface area contributed by atoms with Crippen LogP contribution in [0.25, 0.3) is 0 Å². The number of carbonyl (C=O) groups is 1. The number of nitrogens with one attached hydrogen (secondary N) is 1. The molecule has 28 heavy (non-hydrogen) atoms. The van der Waals surface area contributed by atoms with Crippen molar-refractivity contribution in [3.8, 4) is 0 Å². The van der Waals surface area contributed by atoms with Crippen LogP contribution in [0.3, 0.4) is 0 Å². The van der Waals surface area contributed by atoms with Gasteiger partial charge in [-0.15, -0.1) is 0 Å². The second-order valence-electron chi connectivity index (χ2n) is 7.70. The number of halogens is 1. The van der Waals surface area contributed by atoms with Crippen LogP contribution in [-0.2, 0) is 11.3 Å². The summed E-state index contributed by atoms with van der Waals surface area (Å²) < 4.78 is 0. The highest BCUT2D eigenvalue weighted by Gasteiger charge is 2.24. The average Bonchev–Trinajstić information content (AvgIpc) is 2.69. The number of carbonyl (C=O) groups excluding carboxylic acids is 1. The number of rotatable bonds is 6. The Morgan fingerprint density at radius 1 is 1.07 bits per heavy atom. The van der Waals surface area contributed by atoms with Gasteiger partial charge in [0.15, 0.2) is 6.54 Å². The number of amides is 1. The topological polar surface area (TPSA) is 31.2 Å². The maximum Gasteiger partial charge on any atom is 0.277 e. The number of hydrogen-bond donors (Lipinski definition) is 1. The van der Waals surface area contributed by atoms with E-state index in [1.807, 2.05) is 44.2 Å². The highest BCUT2D eigenvalue weighted by atomic mass is 35.5. The van der Waals surface area contributed by atoms with Gasteiger partial charge in [0, 0.05) is 44.1 Å². The molecule has 0 aliphatic carbocycles. The van der Waals surface area contributed by atoms with E-state index in [1.165, 1.54) is 10.6 Å². The van der Waals surface area contributed by atoms with Crippen molar-refractivity contribution < 1.29 is 9.69 Å². The Morgan fingerprint density at radius 3 is 2.36 bits per heavy atom. The van der Waals surface area contributed by atoms with Gasteiger partial charge in [-0.3, -0.25) is 4.79 Å². The zero-order valence-electron chi connectivity index (χ0n) is 17.0. The molecule has 2 aromatic carbocycles. The molecule has 0 atom stereocenters. The fourth-order valence-corrected chi connectivity index (χ4v) is 3.73. The van der Waals surface area contributed by atoms with Crippen molar-refractivity contribution in [3.05, 3.63) is 59.1 Å². The predicted molar refractivity (Wildman–Crippen MR) is 116 cm³/mol. The summed E-state index contributed by atoms with van der Waals surface area (Å²) in [5.74, 6) is 0.197. The number of piperazine rings is 1. The predicted octanol–water partition coefficient (Wildman–Crippen LogP) is 1.77. The normalized spacial score (nSPS) is 14.8. The second kappa shape index (κ2) is 9.30. The Balaban J connectivity index is 1.47. The van der Waals surface area contributed by atoms with Crippen molar-refractivity contribution in [2.45, 2.75) is 6.54 Å². The van der Waals surface area contributed by atoms with Gasteiger partial charge >= 0.3 is 0 Å². The van der Waals surface area contributed by atoms with Crippen molar-refractivity contribution in [1.29, 1.82) is 0 Å². The van der Waals surface area contributed by atoms with Crippen LogP contribution < -0.4 is 14.7 Å². The summed E-state index contributed by atoms with van der Waals surface area (Å²) in [7, 11) is 5.95. The van der Waals surface area contributed by atoms with Crippen molar-refractivity contribution in [2.75, 3.05) is 63.7 Å². The summed E-state index contributed by atoms with van der Waals surface area (Å²) in [6.45, 7) is 5.01. The molecule has 0 unspecified atom stereocenters. The molecule has 0 aromatic heterocycles. The molecule has 1 aliphatic rings. The first kappa shape index (κ1) is 20.5. The van der Waals surface area contributed by atoms with Crippen LogP contribution in [0.15, 0.2) is 48.5 Å². The first-order valence-electron chi connectivity index (χ1n) is 9.76. The van der Waals surface area contributed by atoms with E-state index in [2.05, 4.69) is 40.1 Å². The minimum Gasteiger partial charge on any atom is -0.378 e. The molecule has 150 valence electrons. The van der Waals surface area contributed by atoms with Gasteiger partial charge in [-0.1, -0.05) is 29.8 Å². The highest BCUT2D eigenvalue weighted by molar-refractivity contribution is 6.30. The number of benzene rings is 2. The minimum atomic E-state index is 0.197. The lowest BCUT2D eigenvalue weighted by Crippen LogP contribution is -3.15. The third-order valence-corrected chi connectivity index (χ3v) is 5.58. The van der Waals surface area contributed by atoms with E-state index >= 15 is 0 Å². The molecule has 1 saturated heterocycles. The quantitative estimate of drug-likeness (QED) is 0.800. The van der Waals surface area contributed by atoms with E-state index < -0.39 is 0 Å². The molecule has 2 aromatic rings. The monoisotopic (exact) mass is 401 g/mol. The lowest BCUT2D eigenvalue weighted by Gasteiger charge is -2.34. The van der Waals surface area contributed by atoms with Crippen LogP contribution >= 0.6 is 11.6 Å². The Kier molecular flexibility index (Phi) is 6.81. The van der Waals surface area contributed by atoms with Crippen LogP contribution in [0.5, 0.6) is 0 Å². The van der Waals surface area contributed by atoms with Crippen molar-refractivity contribution in [2.24, 2.45) is 0 Å². The molecule has 0 bridgehead atoms. The van der Waals surface area contributed by atoms with Gasteiger partial charge in [0.25, 0.3) is 5.91 Å². The molecule has 0 spiro atoms. The van der Waals surface area contributed by atoms with Gasteiger partial charge in [0.1, 0.15) is 0 Å². The third kappa shape index (κ3) is 5.40. The summed E-state index contributed by atoms with van der Waals surface area (Å²) >= 11 is 6.10. The van der Waals surface area contributed by atoms with E-state index in [1.54, 1.807) is 0 Å². The van der Waals surface area contributed by atoms with E-state index in [-0.39, 0.29) is 5.91 Å². The largest absolute Gasteiger partial charge is 0.378 e. The second-order valence-corrected chi connectivity index (χ2v) is 8.14. The summed E-state index contributed by atoms with van der Waals surface area (Å²) in [4.78, 5) is 20.3. The van der Waals surface area contributed by atoms with E-state index in [4.69, 9.17) is 11.6 Å². The zero-order chi connectivity index (χ0) is 20.1. The molecule has 3 rings (SSSR count). The molecular weight excluding hydrogens is 372 g/mol. The average molecular weight is 402 g/mol. The number of anilines is 2. The number of quaternary nitrogens is 1. The van der Waals surface area contributed by atoms with Gasteiger partial charge in [-0.25, -0.2) is 0 Å². The van der Waals surface area contributed by atoms with Crippen LogP contribution in [0.4, 0.5) is 11.4 Å². The van der Waals surface area contributed by atoms with Crippen LogP contribution in [0.2, 0.25) is 5.02 Å². The van der Waals surface area contributed by atoms with Gasteiger partial charge in [-0.2, -0.15) is 0 Å². The fraction of sp³-hybridized carbons (Fsp3) is 0.409. The lowest BCUT2D eigenvalue weighted by molar-refractivity contribution is -0.892. The van der Waals surface area contributed by atoms with Gasteiger partial charge < -0.3 is 19.6 Å². The summed E-state index contributed by atoms with van der Waals surface area (Å²) in [5.41, 5.74) is 3.48. The Morgan fingerprint density at radius 2 is 1.75 bits per heavy atom. The number of nitrogens with zero attached hydrogens (tertiary/aromatic N) is 3. The molecule has 1 N–H and O–H groups in total. The minimum absolute atomic E-state index is 0.197. The third-order valence-electron chi connectivity index (χ3n) is 5.34. The first-order chi connectivity index (χ1) is 13.4. The maximum atomic E-state index is 12.7. The van der Waals surface area contributed by atoms with Gasteiger partial charge in [-0.05, 0) is 35.9 Å². The number of likely N-dealkylation sites (N-methyl/N-ethyl adjacent to an activating group) is 1. The smallest absolute Gasteiger partial charge is 0.277 e. The summed E-state index contributed by atoms with van der Waals surface area (Å²) in [5, 5.41) is 0.766. The Labute approximate surface area is 173 Å². The molecule has 0 saturated carbocycles. The van der Waals surface area contributed by atoms with E-state index in [9.17, 15) is 4.79 Å². The van der Waals surface area contributed by atoms with E-state index in [0.717, 1.165) is 42.5 Å². The van der Waals surface area contributed by atoms with Crippen molar-refractivity contribution >= 4 is 28.9 Å². The molecule has 1 heterocycles. The molecule has 6 heteroatoms. The van der Waals surface area contributed by atoms with Crippen molar-refractivity contribution in [1.82, 2.24) is 4.90 Å². The molecule has 1 amide bonds. The van der Waals surface area contributed by atoms with Crippen molar-refractivity contribution in [3.63, 3.8) is 0 Å². The molecule has 5 nitrogen and oxygen atoms in total. The Bertz CT molecular complexity index is 785. The maximum absolute atomic E-state index is 12.7. The SMILES string of the molecule is CN(Cc1ccc(N(C)C)cc1)C(=O)C[NH+]1CCN(c2cccc(Cl)c2)CC1. The Hall–Kier alpha value is -2.24. The highest BCUT2D eigenvalue weighted by Crippen LogP contribution is 2.19. The van der Waals surface area contributed by atoms with Gasteiger partial charge in [0.05, 0.1) is 26.2 Å². The van der Waals surface area contributed by atoms with Crippen LogP contribution in [0, 0.1) is 0 Å². The number of hydrogen-bond acceptors (Lipinski definition) is 3. The summed E-state index contributed by atoms with van der Waals surface area (Å²) in [6, 6.07) is 16.4. The van der Waals surface area contributed by atoms with Gasteiger partial charge in [0.2, 0.25) is 0 Å². The molecular formula is C22H30ClN4O+. The lowest BCUT2D eigenvalue weighted by atomic mass is 10.2. The van der Waals surface area contributed by atoms with Crippen LogP contribution in [-0.4, -0.2) is 64.7 Å². The summed E-state index contributed by atoms with van der Waals surface area (Å²) in [6.07, 6.45) is 0. The first-order valence-corrected chi connectivity index (χ1v) is 10.1.